The van der Waals surface area contributed by atoms with E-state index in [-0.39, 0.29) is 0 Å². The van der Waals surface area contributed by atoms with E-state index in [1.54, 1.807) is 24.3 Å². The fourth-order valence-corrected chi connectivity index (χ4v) is 0.955. The lowest BCUT2D eigenvalue weighted by Crippen LogP contribution is -2.39. The Bertz CT molecular complexity index is 412. The Morgan fingerprint density at radius 2 is 1.88 bits per heavy atom. The van der Waals surface area contributed by atoms with Crippen LogP contribution in [0, 0.1) is 0 Å². The van der Waals surface area contributed by atoms with Crippen molar-refractivity contribution in [1.29, 1.82) is 0 Å². The van der Waals surface area contributed by atoms with Crippen LogP contribution in [0.15, 0.2) is 36.4 Å². The molecule has 6 heteroatoms. The Morgan fingerprint density at radius 3 is 2.44 bits per heavy atom. The van der Waals surface area contributed by atoms with Crippen LogP contribution in [-0.4, -0.2) is 11.9 Å². The number of hydrogen-bond acceptors (Lipinski definition) is 4. The number of nitrogens with two attached hydrogens (primary N) is 1. The maximum atomic E-state index is 11.3. The Morgan fingerprint density at radius 1 is 1.25 bits per heavy atom. The summed E-state index contributed by atoms with van der Waals surface area (Å²) in [5.41, 5.74) is 5.17. The molecule has 0 bridgehead atoms. The third kappa shape index (κ3) is 3.91. The van der Waals surface area contributed by atoms with Crippen LogP contribution in [0.3, 0.4) is 0 Å². The van der Waals surface area contributed by atoms with Crippen LogP contribution in [0.1, 0.15) is 0 Å². The molecule has 0 saturated carbocycles. The van der Waals surface area contributed by atoms with Gasteiger partial charge in [-0.1, -0.05) is 0 Å². The summed E-state index contributed by atoms with van der Waals surface area (Å²) in [6.45, 7) is 0. The van der Waals surface area contributed by atoms with E-state index in [0.29, 0.717) is 5.69 Å². The zero-order valence-corrected chi connectivity index (χ0v) is 8.47. The number of benzene rings is 1. The van der Waals surface area contributed by atoms with Crippen molar-refractivity contribution >= 4 is 23.3 Å². The van der Waals surface area contributed by atoms with E-state index >= 15 is 0 Å². The summed E-state index contributed by atoms with van der Waals surface area (Å²) in [5, 5.41) is 2.55. The van der Waals surface area contributed by atoms with E-state index in [2.05, 4.69) is 21.8 Å². The lowest BCUT2D eigenvalue weighted by atomic mass is 10.3. The number of nitrogens with one attached hydrogen (secondary N) is 1. The molecule has 16 heavy (non-hydrogen) atoms. The maximum absolute atomic E-state index is 11.3. The summed E-state index contributed by atoms with van der Waals surface area (Å²) < 4.78 is 0. The minimum atomic E-state index is -0.789. The molecule has 1 rings (SSSR count). The van der Waals surface area contributed by atoms with Crippen LogP contribution in [0.25, 0.3) is 0 Å². The highest BCUT2D eigenvalue weighted by molar-refractivity contribution is 6.02. The van der Waals surface area contributed by atoms with E-state index in [0.717, 1.165) is 17.8 Å². The van der Waals surface area contributed by atoms with E-state index in [4.69, 9.17) is 0 Å². The predicted octanol–water partition coefficient (Wildman–Crippen LogP) is -0.528. The van der Waals surface area contributed by atoms with Gasteiger partial charge in [0.2, 0.25) is 5.91 Å². The van der Waals surface area contributed by atoms with Gasteiger partial charge in [0.15, 0.2) is 0 Å². The Hall–Kier alpha value is -2.18. The molecule has 0 spiro atoms. The number of hydrogen-bond donors (Lipinski definition) is 3. The molecule has 6 N–H and O–H groups in total. The zero-order chi connectivity index (χ0) is 12.0. The molecule has 0 radical (unpaired) electrons. The normalized spacial score (nSPS) is 10.1. The van der Waals surface area contributed by atoms with Gasteiger partial charge in [0.05, 0.1) is 0 Å². The summed E-state index contributed by atoms with van der Waals surface area (Å²) in [6, 6.07) is 6.92. The van der Waals surface area contributed by atoms with Gasteiger partial charge >= 0.3 is 5.97 Å². The minimum absolute atomic E-state index is 0.442. The zero-order valence-electron chi connectivity index (χ0n) is 8.47. The molecule has 1 aromatic carbocycles. The molecule has 84 valence electrons. The van der Waals surface area contributed by atoms with Crippen molar-refractivity contribution in [2.24, 2.45) is 5.90 Å². The smallest absolute Gasteiger partial charge is 0.349 e. The third-order valence-corrected chi connectivity index (χ3v) is 1.71. The molecule has 0 aromatic heterocycles. The van der Waals surface area contributed by atoms with Gasteiger partial charge in [-0.25, -0.2) is 4.79 Å². The third-order valence-electron chi connectivity index (χ3n) is 1.71. The second-order valence-electron chi connectivity index (χ2n) is 2.96. The molecule has 0 aliphatic carbocycles. The summed E-state index contributed by atoms with van der Waals surface area (Å²) >= 11 is 0. The number of amides is 1. The van der Waals surface area contributed by atoms with Crippen molar-refractivity contribution in [1.82, 2.24) is 0 Å². The molecule has 1 amide bonds. The highest BCUT2D eigenvalue weighted by Crippen LogP contribution is 2.09. The van der Waals surface area contributed by atoms with Gasteiger partial charge in [-0.2, -0.15) is 5.90 Å². The number of carbonyl (C=O) groups is 2. The SMILES string of the molecule is NOC(=O)C=CC(=O)Nc1ccc([NH3+])cc1. The lowest BCUT2D eigenvalue weighted by molar-refractivity contribution is -0.254. The van der Waals surface area contributed by atoms with Crippen LogP contribution in [-0.2, 0) is 14.4 Å². The van der Waals surface area contributed by atoms with Crippen LogP contribution in [0.2, 0.25) is 0 Å². The highest BCUT2D eigenvalue weighted by Gasteiger charge is 1.99. The van der Waals surface area contributed by atoms with E-state index in [1.165, 1.54) is 0 Å². The van der Waals surface area contributed by atoms with Gasteiger partial charge in [-0.15, -0.1) is 0 Å². The molecule has 6 nitrogen and oxygen atoms in total. The molecule has 0 unspecified atom stereocenters. The van der Waals surface area contributed by atoms with Gasteiger partial charge in [-0.05, 0) is 12.1 Å². The molecular weight excluding hydrogens is 210 g/mol. The fourth-order valence-electron chi connectivity index (χ4n) is 0.955. The van der Waals surface area contributed by atoms with Crippen LogP contribution in [0.4, 0.5) is 11.4 Å². The number of anilines is 1. The lowest BCUT2D eigenvalue weighted by Gasteiger charge is -2.00. The first kappa shape index (κ1) is 11.9. The van der Waals surface area contributed by atoms with Crippen molar-refractivity contribution < 1.29 is 20.2 Å². The van der Waals surface area contributed by atoms with E-state index in [9.17, 15) is 9.59 Å². The number of carbonyl (C=O) groups excluding carboxylic acids is 2. The first-order valence-electron chi connectivity index (χ1n) is 4.43. The monoisotopic (exact) mass is 222 g/mol. The fraction of sp³-hybridized carbons (Fsp3) is 0. The number of rotatable bonds is 3. The Kier molecular flexibility index (Phi) is 4.19. The topological polar surface area (TPSA) is 109 Å². The summed E-state index contributed by atoms with van der Waals surface area (Å²) in [4.78, 5) is 25.7. The Balaban J connectivity index is 2.55. The van der Waals surface area contributed by atoms with Crippen LogP contribution in [0.5, 0.6) is 0 Å². The average molecular weight is 222 g/mol. The molecule has 1 aromatic rings. The predicted molar refractivity (Wildman–Crippen MR) is 57.0 cm³/mol. The van der Waals surface area contributed by atoms with Crippen molar-refractivity contribution in [3.8, 4) is 0 Å². The number of quaternary nitrogens is 1. The molecule has 0 heterocycles. The first-order chi connectivity index (χ1) is 7.61. The summed E-state index contributed by atoms with van der Waals surface area (Å²) in [5.74, 6) is 3.36. The van der Waals surface area contributed by atoms with Crippen molar-refractivity contribution in [3.05, 3.63) is 36.4 Å². The van der Waals surface area contributed by atoms with Gasteiger partial charge in [0.25, 0.3) is 0 Å². The second-order valence-corrected chi connectivity index (χ2v) is 2.96. The minimum Gasteiger partial charge on any atom is -0.370 e. The van der Waals surface area contributed by atoms with Crippen molar-refractivity contribution in [2.45, 2.75) is 0 Å². The molecule has 0 aliphatic heterocycles. The van der Waals surface area contributed by atoms with Gasteiger partial charge < -0.3 is 15.9 Å². The van der Waals surface area contributed by atoms with Gasteiger partial charge in [0.1, 0.15) is 5.69 Å². The second kappa shape index (κ2) is 5.64. The summed E-state index contributed by atoms with van der Waals surface area (Å²) in [7, 11) is 0. The van der Waals surface area contributed by atoms with E-state index < -0.39 is 11.9 Å². The molecular formula is C10H12N3O3+. The largest absolute Gasteiger partial charge is 0.370 e. The van der Waals surface area contributed by atoms with Crippen molar-refractivity contribution in [3.63, 3.8) is 0 Å². The highest BCUT2D eigenvalue weighted by atomic mass is 16.7. The Labute approximate surface area is 91.8 Å². The molecule has 0 atom stereocenters. The molecule has 0 saturated heterocycles. The molecule has 0 fully saturated rings. The van der Waals surface area contributed by atoms with Crippen molar-refractivity contribution in [2.75, 3.05) is 5.32 Å². The summed E-state index contributed by atoms with van der Waals surface area (Å²) in [6.07, 6.45) is 1.97. The van der Waals surface area contributed by atoms with E-state index in [1.807, 2.05) is 0 Å². The van der Waals surface area contributed by atoms with Crippen LogP contribution >= 0.6 is 0 Å². The van der Waals surface area contributed by atoms with Gasteiger partial charge in [-0.3, -0.25) is 4.79 Å². The van der Waals surface area contributed by atoms with Crippen LogP contribution < -0.4 is 16.9 Å². The quantitative estimate of drug-likeness (QED) is 0.471. The first-order valence-corrected chi connectivity index (χ1v) is 4.43. The molecule has 0 aliphatic rings. The average Bonchev–Trinajstić information content (AvgIpc) is 2.29. The van der Waals surface area contributed by atoms with Gasteiger partial charge in [0, 0.05) is 30.0 Å². The maximum Gasteiger partial charge on any atom is 0.349 e. The standard InChI is InChI=1S/C10H11N3O3/c11-7-1-3-8(4-2-7)13-9(14)5-6-10(15)16-12/h1-6H,11-12H2,(H,13,14)/p+1.